The molecule has 0 aliphatic heterocycles. The fourth-order valence-corrected chi connectivity index (χ4v) is 3.93. The highest BCUT2D eigenvalue weighted by Crippen LogP contribution is 2.27. The molecular formula is C17H27N5OS. The molecule has 1 aromatic heterocycles. The van der Waals surface area contributed by atoms with Gasteiger partial charge in [-0.3, -0.25) is 4.79 Å². The molecule has 0 radical (unpaired) electrons. The number of guanidine groups is 1. The first-order chi connectivity index (χ1) is 11.5. The molecule has 1 fully saturated rings. The third-order valence-electron chi connectivity index (χ3n) is 4.40. The Morgan fingerprint density at radius 1 is 1.29 bits per heavy atom. The largest absolute Gasteiger partial charge is 0.353 e. The highest BCUT2D eigenvalue weighted by atomic mass is 32.1. The average molecular weight is 350 g/mol. The van der Waals surface area contributed by atoms with Crippen molar-refractivity contribution in [1.82, 2.24) is 20.1 Å². The summed E-state index contributed by atoms with van der Waals surface area (Å²) < 4.78 is 0. The molecule has 0 bridgehead atoms. The van der Waals surface area contributed by atoms with Crippen LogP contribution in [0.15, 0.2) is 4.99 Å². The van der Waals surface area contributed by atoms with Crippen LogP contribution in [-0.2, 0) is 24.2 Å². The van der Waals surface area contributed by atoms with E-state index in [9.17, 15) is 4.79 Å². The Labute approximate surface area is 148 Å². The van der Waals surface area contributed by atoms with E-state index in [0.29, 0.717) is 6.04 Å². The number of rotatable bonds is 5. The lowest BCUT2D eigenvalue weighted by atomic mass is 10.0. The van der Waals surface area contributed by atoms with Crippen molar-refractivity contribution in [3.05, 3.63) is 15.6 Å². The Hall–Kier alpha value is -1.63. The summed E-state index contributed by atoms with van der Waals surface area (Å²) in [6.45, 7) is 0.924. The molecule has 0 atom stereocenters. The number of aromatic nitrogens is 1. The standard InChI is InChI=1S/C17H27N5OS/c1-21(2)16(23)10-18-17(19-12-8-9-12)22(3)11-15-20-13-6-4-5-7-14(13)24-15/h12H,4-11H2,1-3H3,(H,18,19). The van der Waals surface area contributed by atoms with Gasteiger partial charge >= 0.3 is 0 Å². The number of fused-ring (bicyclic) bond motifs is 1. The van der Waals surface area contributed by atoms with Gasteiger partial charge in [-0.05, 0) is 38.5 Å². The predicted molar refractivity (Wildman–Crippen MR) is 97.4 cm³/mol. The van der Waals surface area contributed by atoms with Crippen LogP contribution in [0, 0.1) is 0 Å². The van der Waals surface area contributed by atoms with Crippen molar-refractivity contribution < 1.29 is 4.79 Å². The molecule has 0 saturated heterocycles. The molecule has 1 heterocycles. The maximum absolute atomic E-state index is 11.8. The Morgan fingerprint density at radius 3 is 2.71 bits per heavy atom. The molecule has 0 unspecified atom stereocenters. The summed E-state index contributed by atoms with van der Waals surface area (Å²) in [7, 11) is 5.54. The molecular weight excluding hydrogens is 322 g/mol. The number of likely N-dealkylation sites (N-methyl/N-ethyl adjacent to an activating group) is 1. The summed E-state index contributed by atoms with van der Waals surface area (Å²) in [5.74, 6) is 0.823. The minimum absolute atomic E-state index is 0.0169. The molecule has 132 valence electrons. The van der Waals surface area contributed by atoms with Gasteiger partial charge in [0.1, 0.15) is 11.6 Å². The van der Waals surface area contributed by atoms with Gasteiger partial charge in [-0.1, -0.05) is 0 Å². The van der Waals surface area contributed by atoms with Crippen molar-refractivity contribution in [2.45, 2.75) is 51.1 Å². The Morgan fingerprint density at radius 2 is 2.04 bits per heavy atom. The monoisotopic (exact) mass is 349 g/mol. The zero-order valence-electron chi connectivity index (χ0n) is 14.8. The first kappa shape index (κ1) is 17.2. The molecule has 2 aliphatic rings. The van der Waals surface area contributed by atoms with E-state index in [4.69, 9.17) is 4.98 Å². The van der Waals surface area contributed by atoms with E-state index in [-0.39, 0.29) is 12.5 Å². The number of amides is 1. The molecule has 1 N–H and O–H groups in total. The molecule has 24 heavy (non-hydrogen) atoms. The summed E-state index contributed by atoms with van der Waals surface area (Å²) in [6, 6.07) is 0.505. The number of hydrogen-bond acceptors (Lipinski definition) is 4. The number of carbonyl (C=O) groups is 1. The molecule has 1 saturated carbocycles. The van der Waals surface area contributed by atoms with Crippen molar-refractivity contribution in [1.29, 1.82) is 0 Å². The van der Waals surface area contributed by atoms with Crippen molar-refractivity contribution in [3.8, 4) is 0 Å². The van der Waals surface area contributed by atoms with Crippen molar-refractivity contribution in [2.24, 2.45) is 4.99 Å². The van der Waals surface area contributed by atoms with Crippen LogP contribution in [0.1, 0.15) is 41.3 Å². The van der Waals surface area contributed by atoms with Crippen LogP contribution in [0.4, 0.5) is 0 Å². The van der Waals surface area contributed by atoms with Crippen LogP contribution in [-0.4, -0.2) is 60.4 Å². The third-order valence-corrected chi connectivity index (χ3v) is 5.54. The Balaban J connectivity index is 1.66. The first-order valence-corrected chi connectivity index (χ1v) is 9.54. The first-order valence-electron chi connectivity index (χ1n) is 8.72. The SMILES string of the molecule is CN(C)C(=O)CN=C(NC1CC1)N(C)Cc1nc2c(s1)CCCC2. The average Bonchev–Trinajstić information content (AvgIpc) is 3.28. The summed E-state index contributed by atoms with van der Waals surface area (Å²) in [5, 5.41) is 4.60. The quantitative estimate of drug-likeness (QED) is 0.649. The second-order valence-electron chi connectivity index (χ2n) is 6.89. The van der Waals surface area contributed by atoms with Gasteiger partial charge < -0.3 is 15.1 Å². The molecule has 7 heteroatoms. The van der Waals surface area contributed by atoms with E-state index in [1.54, 1.807) is 19.0 Å². The van der Waals surface area contributed by atoms with E-state index in [0.717, 1.165) is 23.9 Å². The number of carbonyl (C=O) groups excluding carboxylic acids is 1. The van der Waals surface area contributed by atoms with Gasteiger partial charge in [0, 0.05) is 32.1 Å². The van der Waals surface area contributed by atoms with E-state index < -0.39 is 0 Å². The zero-order chi connectivity index (χ0) is 17.1. The van der Waals surface area contributed by atoms with Crippen molar-refractivity contribution in [3.63, 3.8) is 0 Å². The molecule has 1 amide bonds. The minimum Gasteiger partial charge on any atom is -0.353 e. The number of aryl methyl sites for hydroxylation is 2. The maximum Gasteiger partial charge on any atom is 0.243 e. The molecule has 0 aromatic carbocycles. The van der Waals surface area contributed by atoms with Crippen LogP contribution in [0.25, 0.3) is 0 Å². The fourth-order valence-electron chi connectivity index (χ4n) is 2.72. The normalized spacial score (nSPS) is 17.4. The second kappa shape index (κ2) is 7.51. The van der Waals surface area contributed by atoms with Crippen LogP contribution in [0.3, 0.4) is 0 Å². The second-order valence-corrected chi connectivity index (χ2v) is 8.06. The highest BCUT2D eigenvalue weighted by molar-refractivity contribution is 7.11. The smallest absolute Gasteiger partial charge is 0.243 e. The predicted octanol–water partition coefficient (Wildman–Crippen LogP) is 1.65. The fraction of sp³-hybridized carbons (Fsp3) is 0.706. The lowest BCUT2D eigenvalue weighted by molar-refractivity contribution is -0.127. The molecule has 3 rings (SSSR count). The van der Waals surface area contributed by atoms with Gasteiger partial charge in [-0.2, -0.15) is 0 Å². The Kier molecular flexibility index (Phi) is 5.38. The summed E-state index contributed by atoms with van der Waals surface area (Å²) >= 11 is 1.83. The summed E-state index contributed by atoms with van der Waals surface area (Å²) in [4.78, 5) is 26.3. The molecule has 2 aliphatic carbocycles. The van der Waals surface area contributed by atoms with Crippen LogP contribution in [0.5, 0.6) is 0 Å². The maximum atomic E-state index is 11.8. The van der Waals surface area contributed by atoms with Crippen molar-refractivity contribution >= 4 is 23.2 Å². The van der Waals surface area contributed by atoms with E-state index in [2.05, 4.69) is 15.2 Å². The number of thiazole rings is 1. The minimum atomic E-state index is 0.0169. The van der Waals surface area contributed by atoms with Gasteiger partial charge in [0.2, 0.25) is 5.91 Å². The summed E-state index contributed by atoms with van der Waals surface area (Å²) in [5.41, 5.74) is 1.30. The Bertz CT molecular complexity index is 597. The lowest BCUT2D eigenvalue weighted by Gasteiger charge is -2.21. The third kappa shape index (κ3) is 4.47. The number of hydrogen-bond donors (Lipinski definition) is 1. The van der Waals surface area contributed by atoms with E-state index in [1.165, 1.54) is 42.7 Å². The van der Waals surface area contributed by atoms with Gasteiger partial charge in [0.05, 0.1) is 12.2 Å². The molecule has 6 nitrogen and oxygen atoms in total. The van der Waals surface area contributed by atoms with Gasteiger partial charge in [0.25, 0.3) is 0 Å². The van der Waals surface area contributed by atoms with Crippen LogP contribution < -0.4 is 5.32 Å². The van der Waals surface area contributed by atoms with Gasteiger partial charge in [-0.15, -0.1) is 11.3 Å². The number of nitrogens with zero attached hydrogens (tertiary/aromatic N) is 4. The van der Waals surface area contributed by atoms with Crippen LogP contribution in [0.2, 0.25) is 0 Å². The lowest BCUT2D eigenvalue weighted by Crippen LogP contribution is -2.40. The highest BCUT2D eigenvalue weighted by Gasteiger charge is 2.24. The van der Waals surface area contributed by atoms with Crippen LogP contribution >= 0.6 is 11.3 Å². The number of nitrogens with one attached hydrogen (secondary N) is 1. The zero-order valence-corrected chi connectivity index (χ0v) is 15.7. The molecule has 0 spiro atoms. The molecule has 1 aromatic rings. The van der Waals surface area contributed by atoms with Gasteiger partial charge in [0.15, 0.2) is 5.96 Å². The summed E-state index contributed by atoms with van der Waals surface area (Å²) in [6.07, 6.45) is 7.20. The van der Waals surface area contributed by atoms with E-state index >= 15 is 0 Å². The van der Waals surface area contributed by atoms with Crippen molar-refractivity contribution in [2.75, 3.05) is 27.7 Å². The topological polar surface area (TPSA) is 60.8 Å². The number of aliphatic imine (C=N–C) groups is 1. The van der Waals surface area contributed by atoms with E-state index in [1.807, 2.05) is 18.4 Å². The van der Waals surface area contributed by atoms with Gasteiger partial charge in [-0.25, -0.2) is 9.98 Å².